The third-order valence-electron chi connectivity index (χ3n) is 5.51. The molecule has 0 aliphatic carbocycles. The predicted molar refractivity (Wildman–Crippen MR) is 118 cm³/mol. The number of amides is 3. The van der Waals surface area contributed by atoms with Gasteiger partial charge < -0.3 is 11.1 Å². The van der Waals surface area contributed by atoms with Crippen LogP contribution in [0.25, 0.3) is 10.9 Å². The van der Waals surface area contributed by atoms with Crippen LogP contribution in [0.1, 0.15) is 63.2 Å². The van der Waals surface area contributed by atoms with E-state index in [1.54, 1.807) is 25.1 Å². The second-order valence-corrected chi connectivity index (χ2v) is 7.86. The highest BCUT2D eigenvalue weighted by Crippen LogP contribution is 2.23. The average molecular weight is 428 g/mol. The summed E-state index contributed by atoms with van der Waals surface area (Å²) in [5.41, 5.74) is 5.98. The van der Waals surface area contributed by atoms with Crippen molar-refractivity contribution >= 4 is 34.3 Å². The number of nitrogens with zero attached hydrogens (tertiary/aromatic N) is 2. The van der Waals surface area contributed by atoms with Crippen LogP contribution >= 0.6 is 0 Å². The van der Waals surface area contributed by atoms with Gasteiger partial charge in [0, 0.05) is 12.8 Å². The highest BCUT2D eigenvalue weighted by Gasteiger charge is 2.30. The van der Waals surface area contributed by atoms with Crippen molar-refractivity contribution in [1.29, 1.82) is 0 Å². The highest BCUT2D eigenvalue weighted by atomic mass is 16.2. The van der Waals surface area contributed by atoms with Crippen molar-refractivity contribution in [3.8, 4) is 0 Å². The van der Waals surface area contributed by atoms with Crippen molar-refractivity contribution in [3.63, 3.8) is 0 Å². The predicted octanol–water partition coefficient (Wildman–Crippen LogP) is 1.92. The second kappa shape index (κ2) is 10.3. The van der Waals surface area contributed by atoms with Gasteiger partial charge in [0.15, 0.2) is 0 Å². The summed E-state index contributed by atoms with van der Waals surface area (Å²) in [6.07, 6.45) is 5.70. The molecule has 1 atom stereocenters. The number of aryl methyl sites for hydroxylation is 1. The number of rotatable bonds is 9. The number of aromatic nitrogens is 2. The fourth-order valence-corrected chi connectivity index (χ4v) is 3.90. The summed E-state index contributed by atoms with van der Waals surface area (Å²) >= 11 is 0. The standard InChI is InChI=1S/C22H29N5O4/c1-14-24-20-15(22(31)27(14)17-11-12-19(29)26-21(17)30)8-7-9-16(20)25-18(28)10-5-3-2-4-6-13-23/h7-9,17H,2-6,10-13,23H2,1H3,(H,25,28)(H,26,29,30). The Kier molecular flexibility index (Phi) is 7.51. The molecule has 0 bridgehead atoms. The van der Waals surface area contributed by atoms with E-state index >= 15 is 0 Å². The molecule has 1 aliphatic rings. The maximum atomic E-state index is 13.1. The average Bonchev–Trinajstić information content (AvgIpc) is 2.73. The highest BCUT2D eigenvalue weighted by molar-refractivity contribution is 6.01. The van der Waals surface area contributed by atoms with E-state index in [4.69, 9.17) is 5.73 Å². The summed E-state index contributed by atoms with van der Waals surface area (Å²) in [4.78, 5) is 53.7. The molecule has 0 saturated carbocycles. The topological polar surface area (TPSA) is 136 Å². The van der Waals surface area contributed by atoms with Gasteiger partial charge in [0.1, 0.15) is 17.4 Å². The smallest absolute Gasteiger partial charge is 0.262 e. The number of anilines is 1. The normalized spacial score (nSPS) is 16.4. The fraction of sp³-hybridized carbons (Fsp3) is 0.500. The van der Waals surface area contributed by atoms with Gasteiger partial charge in [-0.2, -0.15) is 0 Å². The number of imide groups is 1. The van der Waals surface area contributed by atoms with E-state index in [0.717, 1.165) is 32.1 Å². The van der Waals surface area contributed by atoms with Crippen LogP contribution in [0, 0.1) is 6.92 Å². The van der Waals surface area contributed by atoms with E-state index in [2.05, 4.69) is 15.6 Å². The molecule has 1 aliphatic heterocycles. The number of hydrogen-bond acceptors (Lipinski definition) is 6. The molecule has 3 rings (SSSR count). The number of carbonyl (C=O) groups excluding carboxylic acids is 3. The Morgan fingerprint density at radius 1 is 1.19 bits per heavy atom. The SMILES string of the molecule is Cc1nc2c(NC(=O)CCCCCCCN)cccc2c(=O)n1C1CCC(=O)NC1=O. The maximum absolute atomic E-state index is 13.1. The number of nitrogens with two attached hydrogens (primary N) is 1. The summed E-state index contributed by atoms with van der Waals surface area (Å²) in [7, 11) is 0. The Balaban J connectivity index is 1.78. The molecule has 166 valence electrons. The first-order valence-corrected chi connectivity index (χ1v) is 10.8. The van der Waals surface area contributed by atoms with Crippen molar-refractivity contribution in [2.24, 2.45) is 5.73 Å². The molecule has 0 radical (unpaired) electrons. The van der Waals surface area contributed by atoms with Crippen LogP contribution in [0.3, 0.4) is 0 Å². The lowest BCUT2D eigenvalue weighted by Gasteiger charge is -2.24. The Labute approximate surface area is 180 Å². The Hall–Kier alpha value is -3.07. The summed E-state index contributed by atoms with van der Waals surface area (Å²) in [6, 6.07) is 4.24. The van der Waals surface area contributed by atoms with Crippen LogP contribution in [-0.2, 0) is 14.4 Å². The number of unbranched alkanes of at least 4 members (excludes halogenated alkanes) is 4. The minimum atomic E-state index is -0.778. The summed E-state index contributed by atoms with van der Waals surface area (Å²) in [6.45, 7) is 2.34. The summed E-state index contributed by atoms with van der Waals surface area (Å²) in [5.74, 6) is -0.614. The van der Waals surface area contributed by atoms with Crippen LogP contribution in [0.2, 0.25) is 0 Å². The van der Waals surface area contributed by atoms with Crippen molar-refractivity contribution in [2.75, 3.05) is 11.9 Å². The Morgan fingerprint density at radius 2 is 1.94 bits per heavy atom. The quantitative estimate of drug-likeness (QED) is 0.413. The van der Waals surface area contributed by atoms with Crippen LogP contribution in [0.4, 0.5) is 5.69 Å². The van der Waals surface area contributed by atoms with Crippen molar-refractivity contribution < 1.29 is 14.4 Å². The number of benzene rings is 1. The summed E-state index contributed by atoms with van der Waals surface area (Å²) < 4.78 is 1.33. The number of nitrogens with one attached hydrogen (secondary N) is 2. The van der Waals surface area contributed by atoms with Gasteiger partial charge in [-0.1, -0.05) is 25.3 Å². The molecule has 1 aromatic carbocycles. The van der Waals surface area contributed by atoms with E-state index in [1.807, 2.05) is 0 Å². The molecule has 9 nitrogen and oxygen atoms in total. The van der Waals surface area contributed by atoms with Gasteiger partial charge in [0.25, 0.3) is 5.56 Å². The van der Waals surface area contributed by atoms with Gasteiger partial charge >= 0.3 is 0 Å². The van der Waals surface area contributed by atoms with Crippen LogP contribution in [0.15, 0.2) is 23.0 Å². The largest absolute Gasteiger partial charge is 0.330 e. The number of hydrogen-bond donors (Lipinski definition) is 3. The molecule has 1 aromatic heterocycles. The molecular weight excluding hydrogens is 398 g/mol. The van der Waals surface area contributed by atoms with E-state index in [-0.39, 0.29) is 30.2 Å². The molecule has 2 heterocycles. The fourth-order valence-electron chi connectivity index (χ4n) is 3.90. The van der Waals surface area contributed by atoms with Gasteiger partial charge in [0.05, 0.1) is 11.1 Å². The molecular formula is C22H29N5O4. The van der Waals surface area contributed by atoms with Crippen LogP contribution in [-0.4, -0.2) is 33.8 Å². The number of carbonyl (C=O) groups is 3. The lowest BCUT2D eigenvalue weighted by Crippen LogP contribution is -2.45. The van der Waals surface area contributed by atoms with E-state index < -0.39 is 11.9 Å². The minimum absolute atomic E-state index is 0.125. The van der Waals surface area contributed by atoms with Crippen LogP contribution < -0.4 is 21.9 Å². The first-order chi connectivity index (χ1) is 14.9. The molecule has 2 aromatic rings. The molecule has 31 heavy (non-hydrogen) atoms. The molecule has 3 amide bonds. The minimum Gasteiger partial charge on any atom is -0.330 e. The number of fused-ring (bicyclic) bond motifs is 1. The monoisotopic (exact) mass is 427 g/mol. The van der Waals surface area contributed by atoms with Gasteiger partial charge in [-0.05, 0) is 44.9 Å². The second-order valence-electron chi connectivity index (χ2n) is 7.86. The van der Waals surface area contributed by atoms with Gasteiger partial charge in [-0.25, -0.2) is 4.98 Å². The zero-order valence-electron chi connectivity index (χ0n) is 17.8. The molecule has 0 spiro atoms. The molecule has 1 unspecified atom stereocenters. The zero-order valence-corrected chi connectivity index (χ0v) is 17.8. The summed E-state index contributed by atoms with van der Waals surface area (Å²) in [5, 5.41) is 5.45. The molecule has 4 N–H and O–H groups in total. The van der Waals surface area contributed by atoms with Gasteiger partial charge in [0.2, 0.25) is 17.7 Å². The Bertz CT molecular complexity index is 1050. The Morgan fingerprint density at radius 3 is 2.68 bits per heavy atom. The lowest BCUT2D eigenvalue weighted by molar-refractivity contribution is -0.135. The van der Waals surface area contributed by atoms with Gasteiger partial charge in [-0.15, -0.1) is 0 Å². The molecule has 9 heteroatoms. The van der Waals surface area contributed by atoms with E-state index in [0.29, 0.717) is 35.4 Å². The van der Waals surface area contributed by atoms with E-state index in [9.17, 15) is 19.2 Å². The first kappa shape index (κ1) is 22.6. The number of piperidine rings is 1. The molecule has 1 fully saturated rings. The van der Waals surface area contributed by atoms with Crippen molar-refractivity contribution in [2.45, 2.75) is 64.3 Å². The zero-order chi connectivity index (χ0) is 22.4. The molecule has 1 saturated heterocycles. The lowest BCUT2D eigenvalue weighted by atomic mass is 10.1. The van der Waals surface area contributed by atoms with Crippen LogP contribution in [0.5, 0.6) is 0 Å². The van der Waals surface area contributed by atoms with Crippen molar-refractivity contribution in [3.05, 3.63) is 34.4 Å². The third-order valence-corrected chi connectivity index (χ3v) is 5.51. The van der Waals surface area contributed by atoms with Crippen molar-refractivity contribution in [1.82, 2.24) is 14.9 Å². The first-order valence-electron chi connectivity index (χ1n) is 10.8. The van der Waals surface area contributed by atoms with Gasteiger partial charge in [-0.3, -0.25) is 29.1 Å². The number of para-hydroxylation sites is 1. The van der Waals surface area contributed by atoms with E-state index in [1.165, 1.54) is 4.57 Å². The third kappa shape index (κ3) is 5.35. The maximum Gasteiger partial charge on any atom is 0.262 e.